The second-order valence-electron chi connectivity index (χ2n) is 4.92. The molecule has 3 N–H and O–H groups in total. The molecule has 1 aliphatic carbocycles. The zero-order valence-electron chi connectivity index (χ0n) is 10.3. The predicted molar refractivity (Wildman–Crippen MR) is 62.3 cm³/mol. The molecule has 4 atom stereocenters. The minimum absolute atomic E-state index is 0.109. The highest BCUT2D eigenvalue weighted by atomic mass is 16.4. The van der Waals surface area contributed by atoms with Crippen LogP contribution < -0.4 is 5.32 Å². The van der Waals surface area contributed by atoms with Crippen molar-refractivity contribution in [3.8, 4) is 0 Å². The fourth-order valence-corrected chi connectivity index (χ4v) is 2.44. The number of hydrogen-bond donors (Lipinski definition) is 3. The van der Waals surface area contributed by atoms with E-state index >= 15 is 0 Å². The van der Waals surface area contributed by atoms with E-state index in [1.165, 1.54) is 0 Å². The van der Waals surface area contributed by atoms with Gasteiger partial charge in [0, 0.05) is 0 Å². The average Bonchev–Trinajstić information content (AvgIpc) is 2.68. The average molecular weight is 243 g/mol. The van der Waals surface area contributed by atoms with Gasteiger partial charge in [0.25, 0.3) is 0 Å². The fourth-order valence-electron chi connectivity index (χ4n) is 2.44. The second kappa shape index (κ2) is 6.00. The van der Waals surface area contributed by atoms with Crippen LogP contribution in [0.15, 0.2) is 0 Å². The quantitative estimate of drug-likeness (QED) is 0.660. The molecule has 17 heavy (non-hydrogen) atoms. The molecule has 1 amide bonds. The summed E-state index contributed by atoms with van der Waals surface area (Å²) < 4.78 is 0. The number of carbonyl (C=O) groups is 2. The predicted octanol–water partition coefficient (Wildman–Crippen LogP) is 0.620. The molecule has 0 radical (unpaired) electrons. The Kier molecular flexibility index (Phi) is 4.93. The van der Waals surface area contributed by atoms with E-state index in [4.69, 9.17) is 10.2 Å². The molecule has 1 saturated carbocycles. The van der Waals surface area contributed by atoms with Crippen LogP contribution in [0.5, 0.6) is 0 Å². The van der Waals surface area contributed by atoms with E-state index in [0.717, 1.165) is 0 Å². The first-order valence-electron chi connectivity index (χ1n) is 6.13. The van der Waals surface area contributed by atoms with Gasteiger partial charge in [0.05, 0.1) is 24.5 Å². The number of rotatable bonds is 5. The van der Waals surface area contributed by atoms with Gasteiger partial charge in [-0.15, -0.1) is 0 Å². The highest BCUT2D eigenvalue weighted by molar-refractivity contribution is 5.85. The highest BCUT2D eigenvalue weighted by Crippen LogP contribution is 2.36. The lowest BCUT2D eigenvalue weighted by Crippen LogP contribution is -2.42. The van der Waals surface area contributed by atoms with Gasteiger partial charge < -0.3 is 15.5 Å². The maximum Gasteiger partial charge on any atom is 0.307 e. The summed E-state index contributed by atoms with van der Waals surface area (Å²) in [6.45, 7) is 3.72. The first kappa shape index (κ1) is 14.0. The lowest BCUT2D eigenvalue weighted by Gasteiger charge is -2.20. The van der Waals surface area contributed by atoms with Gasteiger partial charge in [0.1, 0.15) is 0 Å². The maximum atomic E-state index is 11.9. The molecule has 1 aliphatic rings. The van der Waals surface area contributed by atoms with E-state index in [9.17, 15) is 9.59 Å². The van der Waals surface area contributed by atoms with Crippen molar-refractivity contribution in [2.45, 2.75) is 39.2 Å². The SMILES string of the molecule is CCC(CO)NC(=O)C1CC(C)CC1C(=O)O. The minimum atomic E-state index is -0.897. The van der Waals surface area contributed by atoms with E-state index < -0.39 is 17.8 Å². The van der Waals surface area contributed by atoms with Gasteiger partial charge >= 0.3 is 5.97 Å². The summed E-state index contributed by atoms with van der Waals surface area (Å²) in [4.78, 5) is 23.0. The van der Waals surface area contributed by atoms with Gasteiger partial charge in [0.15, 0.2) is 0 Å². The Labute approximate surface area is 101 Å². The summed E-state index contributed by atoms with van der Waals surface area (Å²) in [5, 5.41) is 20.8. The van der Waals surface area contributed by atoms with Crippen LogP contribution in [-0.2, 0) is 9.59 Å². The molecule has 0 aromatic carbocycles. The summed E-state index contributed by atoms with van der Waals surface area (Å²) in [7, 11) is 0. The van der Waals surface area contributed by atoms with E-state index in [-0.39, 0.29) is 24.5 Å². The Morgan fingerprint density at radius 2 is 1.94 bits per heavy atom. The van der Waals surface area contributed by atoms with E-state index in [1.807, 2.05) is 13.8 Å². The van der Waals surface area contributed by atoms with Crippen molar-refractivity contribution < 1.29 is 19.8 Å². The van der Waals surface area contributed by atoms with Crippen molar-refractivity contribution in [2.24, 2.45) is 17.8 Å². The first-order valence-corrected chi connectivity index (χ1v) is 6.13. The van der Waals surface area contributed by atoms with Crippen LogP contribution >= 0.6 is 0 Å². The lowest BCUT2D eigenvalue weighted by atomic mass is 9.95. The summed E-state index contributed by atoms with van der Waals surface area (Å²) in [5.41, 5.74) is 0. The zero-order valence-corrected chi connectivity index (χ0v) is 10.3. The normalized spacial score (nSPS) is 29.9. The van der Waals surface area contributed by atoms with Crippen molar-refractivity contribution in [3.05, 3.63) is 0 Å². The van der Waals surface area contributed by atoms with Crippen molar-refractivity contribution in [3.63, 3.8) is 0 Å². The molecular formula is C12H21NO4. The van der Waals surface area contributed by atoms with Gasteiger partial charge in [-0.25, -0.2) is 0 Å². The first-order chi connectivity index (χ1) is 7.99. The number of carboxylic acids is 1. The monoisotopic (exact) mass is 243 g/mol. The third kappa shape index (κ3) is 3.43. The van der Waals surface area contributed by atoms with Crippen LogP contribution in [0.1, 0.15) is 33.1 Å². The highest BCUT2D eigenvalue weighted by Gasteiger charge is 2.41. The van der Waals surface area contributed by atoms with Crippen LogP contribution in [0.3, 0.4) is 0 Å². The Balaban J connectivity index is 2.64. The van der Waals surface area contributed by atoms with Crippen LogP contribution in [0.4, 0.5) is 0 Å². The van der Waals surface area contributed by atoms with Crippen molar-refractivity contribution in [2.75, 3.05) is 6.61 Å². The molecule has 5 heteroatoms. The molecule has 0 saturated heterocycles. The molecule has 0 aliphatic heterocycles. The molecule has 0 spiro atoms. The number of hydrogen-bond acceptors (Lipinski definition) is 3. The summed E-state index contributed by atoms with van der Waals surface area (Å²) in [5.74, 6) is -1.90. The maximum absolute atomic E-state index is 11.9. The Morgan fingerprint density at radius 3 is 2.41 bits per heavy atom. The molecule has 5 nitrogen and oxygen atoms in total. The van der Waals surface area contributed by atoms with Gasteiger partial charge in [-0.1, -0.05) is 13.8 Å². The number of aliphatic hydroxyl groups is 1. The van der Waals surface area contributed by atoms with Crippen molar-refractivity contribution in [1.29, 1.82) is 0 Å². The topological polar surface area (TPSA) is 86.6 Å². The third-order valence-electron chi connectivity index (χ3n) is 3.51. The van der Waals surface area contributed by atoms with E-state index in [2.05, 4.69) is 5.32 Å². The molecule has 98 valence electrons. The molecule has 1 rings (SSSR count). The third-order valence-corrected chi connectivity index (χ3v) is 3.51. The van der Waals surface area contributed by atoms with E-state index in [1.54, 1.807) is 0 Å². The largest absolute Gasteiger partial charge is 0.481 e. The number of carbonyl (C=O) groups excluding carboxylic acids is 1. The molecule has 1 fully saturated rings. The second-order valence-corrected chi connectivity index (χ2v) is 4.92. The van der Waals surface area contributed by atoms with Crippen molar-refractivity contribution in [1.82, 2.24) is 5.32 Å². The molecule has 0 aromatic rings. The Morgan fingerprint density at radius 1 is 1.35 bits per heavy atom. The standard InChI is InChI=1S/C12H21NO4/c1-3-8(6-14)13-11(15)9-4-7(2)5-10(9)12(16)17/h7-10,14H,3-6H2,1-2H3,(H,13,15)(H,16,17). The van der Waals surface area contributed by atoms with Crippen LogP contribution in [0, 0.1) is 17.8 Å². The number of carboxylic acid groups (broad SMARTS) is 1. The van der Waals surface area contributed by atoms with Gasteiger partial charge in [-0.2, -0.15) is 0 Å². The Hall–Kier alpha value is -1.10. The smallest absolute Gasteiger partial charge is 0.307 e. The van der Waals surface area contributed by atoms with Crippen molar-refractivity contribution >= 4 is 11.9 Å². The van der Waals surface area contributed by atoms with Crippen LogP contribution in [-0.4, -0.2) is 34.7 Å². The van der Waals surface area contributed by atoms with Crippen LogP contribution in [0.25, 0.3) is 0 Å². The summed E-state index contributed by atoms with van der Waals surface area (Å²) >= 11 is 0. The minimum Gasteiger partial charge on any atom is -0.481 e. The number of amides is 1. The molecule has 4 unspecified atom stereocenters. The summed E-state index contributed by atoms with van der Waals surface area (Å²) in [6, 6.07) is -0.271. The Bertz CT molecular complexity index is 288. The number of aliphatic carboxylic acids is 1. The fraction of sp³-hybridized carbons (Fsp3) is 0.833. The molecule has 0 aromatic heterocycles. The molecular weight excluding hydrogens is 222 g/mol. The lowest BCUT2D eigenvalue weighted by molar-refractivity contribution is -0.146. The van der Waals surface area contributed by atoms with Crippen LogP contribution in [0.2, 0.25) is 0 Å². The van der Waals surface area contributed by atoms with Gasteiger partial charge in [-0.05, 0) is 25.2 Å². The number of aliphatic hydroxyl groups excluding tert-OH is 1. The van der Waals surface area contributed by atoms with Gasteiger partial charge in [-0.3, -0.25) is 9.59 Å². The number of nitrogens with one attached hydrogen (secondary N) is 1. The summed E-state index contributed by atoms with van der Waals surface area (Å²) in [6.07, 6.45) is 1.82. The molecule has 0 bridgehead atoms. The van der Waals surface area contributed by atoms with Gasteiger partial charge in [0.2, 0.25) is 5.91 Å². The zero-order chi connectivity index (χ0) is 13.0. The molecule has 0 heterocycles. The van der Waals surface area contributed by atoms with E-state index in [0.29, 0.717) is 19.3 Å².